The van der Waals surface area contributed by atoms with Crippen molar-refractivity contribution in [3.05, 3.63) is 109 Å². The normalized spacial score (nSPS) is 28.2. The highest BCUT2D eigenvalue weighted by atomic mass is 16.8. The molecule has 3 rings (SSSR count). The van der Waals surface area contributed by atoms with Crippen molar-refractivity contribution in [2.75, 3.05) is 26.4 Å². The van der Waals surface area contributed by atoms with Gasteiger partial charge in [0.2, 0.25) is 5.91 Å². The molecular formula is C74H125NO18. The van der Waals surface area contributed by atoms with Crippen molar-refractivity contribution in [3.8, 4) is 0 Å². The number of carbonyl (C=O) groups excluding carboxylic acids is 1. The van der Waals surface area contributed by atoms with Crippen LogP contribution >= 0.6 is 0 Å². The van der Waals surface area contributed by atoms with Gasteiger partial charge in [-0.2, -0.15) is 0 Å². The van der Waals surface area contributed by atoms with E-state index in [4.69, 9.17) is 28.4 Å². The number of hydrogen-bond donors (Lipinski definition) is 12. The number of unbranched alkanes of at least 4 members (excludes halogenated alkanes) is 21. The van der Waals surface area contributed by atoms with E-state index >= 15 is 0 Å². The van der Waals surface area contributed by atoms with Crippen LogP contribution < -0.4 is 5.32 Å². The van der Waals surface area contributed by atoms with Crippen LogP contribution in [0, 0.1) is 0 Å². The third-order valence-corrected chi connectivity index (χ3v) is 17.1. The Kier molecular flexibility index (Phi) is 49.0. The van der Waals surface area contributed by atoms with Crippen LogP contribution in [0.5, 0.6) is 0 Å². The van der Waals surface area contributed by atoms with Gasteiger partial charge in [0, 0.05) is 6.42 Å². The highest BCUT2D eigenvalue weighted by Gasteiger charge is 2.53. The van der Waals surface area contributed by atoms with E-state index in [2.05, 4.69) is 116 Å². The van der Waals surface area contributed by atoms with E-state index in [1.54, 1.807) is 6.08 Å². The van der Waals surface area contributed by atoms with Gasteiger partial charge in [0.15, 0.2) is 18.9 Å². The molecule has 3 fully saturated rings. The molecular weight excluding hydrogens is 1190 g/mol. The predicted octanol–water partition coefficient (Wildman–Crippen LogP) is 9.83. The predicted molar refractivity (Wildman–Crippen MR) is 364 cm³/mol. The Bertz CT molecular complexity index is 2110. The summed E-state index contributed by atoms with van der Waals surface area (Å²) in [5.74, 6) is -0.283. The second-order valence-corrected chi connectivity index (χ2v) is 25.0. The van der Waals surface area contributed by atoms with Gasteiger partial charge in [0.1, 0.15) is 73.2 Å². The maximum atomic E-state index is 13.3. The van der Waals surface area contributed by atoms with Gasteiger partial charge in [-0.25, -0.2) is 0 Å². The molecule has 0 radical (unpaired) electrons. The number of rotatable bonds is 53. The molecule has 17 atom stereocenters. The molecule has 0 aromatic carbocycles. The van der Waals surface area contributed by atoms with Crippen LogP contribution in [-0.4, -0.2) is 193 Å². The molecule has 19 nitrogen and oxygen atoms in total. The zero-order valence-corrected chi connectivity index (χ0v) is 56.4. The lowest BCUT2D eigenvalue weighted by Crippen LogP contribution is -2.66. The average Bonchev–Trinajstić information content (AvgIpc) is 0.798. The molecule has 93 heavy (non-hydrogen) atoms. The minimum atomic E-state index is -1.98. The lowest BCUT2D eigenvalue weighted by molar-refractivity contribution is -0.379. The second kappa shape index (κ2) is 54.5. The Hall–Kier alpha value is -3.55. The summed E-state index contributed by atoms with van der Waals surface area (Å²) in [6.07, 6.45) is 47.1. The fourth-order valence-electron chi connectivity index (χ4n) is 11.3. The highest BCUT2D eigenvalue weighted by Crippen LogP contribution is 2.33. The van der Waals surface area contributed by atoms with Crippen molar-refractivity contribution >= 4 is 5.91 Å². The van der Waals surface area contributed by atoms with Gasteiger partial charge in [-0.3, -0.25) is 4.79 Å². The highest BCUT2D eigenvalue weighted by molar-refractivity contribution is 5.76. The fraction of sp³-hybridized carbons (Fsp3) is 0.743. The Morgan fingerprint density at radius 2 is 0.742 bits per heavy atom. The lowest BCUT2D eigenvalue weighted by Gasteiger charge is -2.48. The molecule has 0 bridgehead atoms. The van der Waals surface area contributed by atoms with E-state index in [9.17, 15) is 61.0 Å². The Morgan fingerprint density at radius 3 is 1.16 bits per heavy atom. The molecule has 0 aliphatic carbocycles. The Labute approximate surface area is 557 Å². The van der Waals surface area contributed by atoms with Crippen LogP contribution in [-0.2, 0) is 33.2 Å². The summed E-state index contributed by atoms with van der Waals surface area (Å²) < 4.78 is 34.2. The van der Waals surface area contributed by atoms with Gasteiger partial charge < -0.3 is 89.9 Å². The standard InChI is InChI=1S/C74H125NO18/c1-3-5-7-9-11-12-13-14-15-16-17-18-19-20-21-22-23-24-25-26-27-28-29-30-31-32-33-34-35-36-37-38-39-40-41-42-43-44-46-48-50-52-62(80)75-57(58(79)51-49-47-45-10-8-6-4-2)56-88-72-68(86)65(83)70(60(54-77)90-72)93-74-69(87)66(84)71(61(55-78)91-74)92-73-67(85)64(82)63(81)59(53-76)89-73/h5,7,11-12,14-15,17-18,20-21,23-24,26-27,29-30,49,51,57-61,63-74,76-79,81-87H,3-4,6,8-10,13,16,19,22,25,28,31-48,50,52-56H2,1-2H3,(H,75,80)/b7-5-,12-11-,15-14-,18-17-,21-20-,24-23-,27-26-,30-29-,51-49+. The summed E-state index contributed by atoms with van der Waals surface area (Å²) in [6.45, 7) is 1.52. The molecule has 12 N–H and O–H groups in total. The average molecular weight is 1320 g/mol. The zero-order valence-electron chi connectivity index (χ0n) is 56.4. The van der Waals surface area contributed by atoms with Gasteiger partial charge in [0.25, 0.3) is 0 Å². The molecule has 19 heteroatoms. The van der Waals surface area contributed by atoms with Crippen molar-refractivity contribution in [3.63, 3.8) is 0 Å². The molecule has 3 aliphatic rings. The summed E-state index contributed by atoms with van der Waals surface area (Å²) in [7, 11) is 0. The molecule has 1 amide bonds. The van der Waals surface area contributed by atoms with E-state index in [1.807, 2.05) is 6.08 Å². The quantitative estimate of drug-likeness (QED) is 0.0199. The van der Waals surface area contributed by atoms with Crippen LogP contribution in [0.2, 0.25) is 0 Å². The first-order valence-electron chi connectivity index (χ1n) is 35.6. The van der Waals surface area contributed by atoms with Crippen LogP contribution in [0.1, 0.15) is 219 Å². The molecule has 3 heterocycles. The minimum Gasteiger partial charge on any atom is -0.394 e. The molecule has 3 saturated heterocycles. The number of nitrogens with one attached hydrogen (secondary N) is 1. The Morgan fingerprint density at radius 1 is 0.398 bits per heavy atom. The van der Waals surface area contributed by atoms with E-state index in [0.29, 0.717) is 6.42 Å². The van der Waals surface area contributed by atoms with Gasteiger partial charge >= 0.3 is 0 Å². The number of hydrogen-bond acceptors (Lipinski definition) is 18. The van der Waals surface area contributed by atoms with Crippen molar-refractivity contribution in [1.29, 1.82) is 0 Å². The van der Waals surface area contributed by atoms with Crippen molar-refractivity contribution in [1.82, 2.24) is 5.32 Å². The topological polar surface area (TPSA) is 307 Å². The molecule has 0 spiro atoms. The van der Waals surface area contributed by atoms with Crippen LogP contribution in [0.4, 0.5) is 0 Å². The van der Waals surface area contributed by atoms with Crippen LogP contribution in [0.3, 0.4) is 0 Å². The van der Waals surface area contributed by atoms with E-state index in [-0.39, 0.29) is 18.9 Å². The summed E-state index contributed by atoms with van der Waals surface area (Å²) in [5.41, 5.74) is 0. The van der Waals surface area contributed by atoms with Gasteiger partial charge in [-0.1, -0.05) is 239 Å². The SMILES string of the molecule is CC/C=C\C/C=C\C/C=C\C/C=C\C/C=C\C/C=C\C/C=C\C/C=C\CCCCCCCCCCCCCCCCCCC(=O)NC(COC1OC(CO)C(OC2OC(CO)C(OC3OC(CO)C(O)C(O)C3O)C(O)C2O)C(O)C1O)C(O)/C=C/CCCCCCC. The van der Waals surface area contributed by atoms with Gasteiger partial charge in [0.05, 0.1) is 38.6 Å². The third-order valence-electron chi connectivity index (χ3n) is 17.1. The third kappa shape index (κ3) is 36.0. The largest absolute Gasteiger partial charge is 0.394 e. The van der Waals surface area contributed by atoms with Crippen molar-refractivity contribution < 1.29 is 89.4 Å². The van der Waals surface area contributed by atoms with E-state index < -0.39 is 124 Å². The number of ether oxygens (including phenoxy) is 6. The van der Waals surface area contributed by atoms with E-state index in [0.717, 1.165) is 109 Å². The molecule has 0 aromatic rings. The first kappa shape index (κ1) is 83.7. The van der Waals surface area contributed by atoms with Crippen molar-refractivity contribution in [2.45, 2.75) is 324 Å². The molecule has 3 aliphatic heterocycles. The molecule has 0 saturated carbocycles. The smallest absolute Gasteiger partial charge is 0.220 e. The maximum absolute atomic E-state index is 13.3. The fourth-order valence-corrected chi connectivity index (χ4v) is 11.3. The first-order chi connectivity index (χ1) is 45.3. The Balaban J connectivity index is 1.25. The first-order valence-corrected chi connectivity index (χ1v) is 35.6. The monoisotopic (exact) mass is 1320 g/mol. The van der Waals surface area contributed by atoms with E-state index in [1.165, 1.54) is 83.5 Å². The lowest BCUT2D eigenvalue weighted by atomic mass is 9.96. The number of aliphatic hydroxyl groups is 11. The van der Waals surface area contributed by atoms with Crippen molar-refractivity contribution in [2.24, 2.45) is 0 Å². The van der Waals surface area contributed by atoms with Crippen LogP contribution in [0.25, 0.3) is 0 Å². The molecule has 0 aromatic heterocycles. The summed E-state index contributed by atoms with van der Waals surface area (Å²) in [6, 6.07) is -0.974. The number of aliphatic hydroxyl groups excluding tert-OH is 11. The minimum absolute atomic E-state index is 0.238. The number of carbonyl (C=O) groups is 1. The maximum Gasteiger partial charge on any atom is 0.220 e. The summed E-state index contributed by atoms with van der Waals surface area (Å²) in [5, 5.41) is 120. The van der Waals surface area contributed by atoms with Gasteiger partial charge in [-0.15, -0.1) is 0 Å². The summed E-state index contributed by atoms with van der Waals surface area (Å²) in [4.78, 5) is 13.3. The number of allylic oxidation sites excluding steroid dienone is 17. The summed E-state index contributed by atoms with van der Waals surface area (Å²) >= 11 is 0. The second-order valence-electron chi connectivity index (χ2n) is 25.0. The van der Waals surface area contributed by atoms with Crippen LogP contribution in [0.15, 0.2) is 109 Å². The molecule has 534 valence electrons. The van der Waals surface area contributed by atoms with Gasteiger partial charge in [-0.05, 0) is 83.5 Å². The number of amides is 1. The molecule has 17 unspecified atom stereocenters. The zero-order chi connectivity index (χ0) is 67.5.